The van der Waals surface area contributed by atoms with Crippen LogP contribution in [0.4, 0.5) is 0 Å². The van der Waals surface area contributed by atoms with E-state index in [2.05, 4.69) is 10.5 Å². The molecule has 0 aliphatic carbocycles. The van der Waals surface area contributed by atoms with Crippen molar-refractivity contribution < 1.29 is 13.9 Å². The van der Waals surface area contributed by atoms with Crippen molar-refractivity contribution in [1.82, 2.24) is 15.2 Å². The zero-order valence-electron chi connectivity index (χ0n) is 16.4. The Hall–Kier alpha value is -4.13. The van der Waals surface area contributed by atoms with Crippen molar-refractivity contribution in [2.24, 2.45) is 5.10 Å². The third-order valence-electron chi connectivity index (χ3n) is 4.44. The molecule has 0 saturated carbocycles. The van der Waals surface area contributed by atoms with E-state index in [1.165, 1.54) is 6.26 Å². The average molecular weight is 400 g/mol. The summed E-state index contributed by atoms with van der Waals surface area (Å²) in [5.74, 6) is 0.509. The van der Waals surface area contributed by atoms with Gasteiger partial charge in [-0.2, -0.15) is 10.2 Å². The number of hydrogen-bond donors (Lipinski definition) is 1. The smallest absolute Gasteiger partial charge is 0.307 e. The van der Waals surface area contributed by atoms with Gasteiger partial charge in [0.05, 0.1) is 26.1 Å². The molecule has 30 heavy (non-hydrogen) atoms. The van der Waals surface area contributed by atoms with E-state index in [9.17, 15) is 4.79 Å². The first-order chi connectivity index (χ1) is 14.7. The number of nitrogens with zero attached hydrogens (tertiary/aromatic N) is 3. The molecular formula is C23H20N4O3. The summed E-state index contributed by atoms with van der Waals surface area (Å²) >= 11 is 0. The average Bonchev–Trinajstić information content (AvgIpc) is 3.45. The molecule has 2 aromatic heterocycles. The van der Waals surface area contributed by atoms with Crippen LogP contribution in [-0.4, -0.2) is 29.0 Å². The van der Waals surface area contributed by atoms with E-state index >= 15 is 0 Å². The summed E-state index contributed by atoms with van der Waals surface area (Å²) in [6, 6.07) is 20.9. The summed E-state index contributed by atoms with van der Waals surface area (Å²) in [6.45, 7) is 0.615. The fourth-order valence-electron chi connectivity index (χ4n) is 3.00. The number of hydrogen-bond acceptors (Lipinski definition) is 5. The fraction of sp³-hybridized carbons (Fsp3) is 0.0870. The van der Waals surface area contributed by atoms with Crippen molar-refractivity contribution in [3.05, 3.63) is 96.1 Å². The van der Waals surface area contributed by atoms with Crippen LogP contribution in [0.5, 0.6) is 5.75 Å². The standard InChI is InChI=1S/C23H20N4O3/c1-29-20-10-5-9-18(13-20)22-19(14-24-25-23(28)21-11-6-12-30-21)16-27(26-22)15-17-7-3-2-4-8-17/h2-14,16H,15H2,1H3,(H,25,28)/b24-14-. The van der Waals surface area contributed by atoms with Crippen molar-refractivity contribution in [1.29, 1.82) is 0 Å². The Morgan fingerprint density at radius 2 is 2.03 bits per heavy atom. The zero-order valence-corrected chi connectivity index (χ0v) is 16.4. The second kappa shape index (κ2) is 8.91. The first kappa shape index (κ1) is 19.2. The molecule has 0 bridgehead atoms. The van der Waals surface area contributed by atoms with Gasteiger partial charge in [-0.1, -0.05) is 42.5 Å². The molecule has 150 valence electrons. The SMILES string of the molecule is COc1cccc(-c2nn(Cc3ccccc3)cc2/C=N\NC(=O)c2ccco2)c1. The Morgan fingerprint density at radius 3 is 2.80 bits per heavy atom. The highest BCUT2D eigenvalue weighted by molar-refractivity contribution is 5.93. The van der Waals surface area contributed by atoms with Gasteiger partial charge >= 0.3 is 5.91 Å². The number of furan rings is 1. The summed E-state index contributed by atoms with van der Waals surface area (Å²) in [4.78, 5) is 12.0. The maximum atomic E-state index is 12.0. The van der Waals surface area contributed by atoms with Gasteiger partial charge in [0.25, 0.3) is 0 Å². The third-order valence-corrected chi connectivity index (χ3v) is 4.44. The highest BCUT2D eigenvalue weighted by atomic mass is 16.5. The molecule has 4 rings (SSSR count). The van der Waals surface area contributed by atoms with Crippen LogP contribution in [0, 0.1) is 0 Å². The second-order valence-electron chi connectivity index (χ2n) is 6.52. The Bertz CT molecular complexity index is 1150. The van der Waals surface area contributed by atoms with Crippen LogP contribution < -0.4 is 10.2 Å². The van der Waals surface area contributed by atoms with Crippen molar-refractivity contribution in [2.75, 3.05) is 7.11 Å². The summed E-state index contributed by atoms with van der Waals surface area (Å²) in [6.07, 6.45) is 4.90. The lowest BCUT2D eigenvalue weighted by atomic mass is 10.1. The number of methoxy groups -OCH3 is 1. The van der Waals surface area contributed by atoms with Gasteiger partial charge in [0, 0.05) is 17.3 Å². The van der Waals surface area contributed by atoms with E-state index in [1.807, 2.05) is 65.5 Å². The summed E-state index contributed by atoms with van der Waals surface area (Å²) in [5.41, 5.74) is 5.99. The number of aromatic nitrogens is 2. The molecule has 0 aliphatic heterocycles. The van der Waals surface area contributed by atoms with E-state index in [1.54, 1.807) is 25.5 Å². The van der Waals surface area contributed by atoms with E-state index in [0.29, 0.717) is 6.54 Å². The molecule has 2 heterocycles. The van der Waals surface area contributed by atoms with E-state index in [4.69, 9.17) is 14.3 Å². The van der Waals surface area contributed by atoms with Crippen LogP contribution in [0.15, 0.2) is 88.7 Å². The molecular weight excluding hydrogens is 380 g/mol. The van der Waals surface area contributed by atoms with Gasteiger partial charge in [-0.05, 0) is 29.8 Å². The number of amides is 1. The van der Waals surface area contributed by atoms with Crippen LogP contribution in [0.25, 0.3) is 11.3 Å². The van der Waals surface area contributed by atoms with Crippen molar-refractivity contribution in [2.45, 2.75) is 6.54 Å². The lowest BCUT2D eigenvalue weighted by molar-refractivity contribution is 0.0927. The molecule has 0 radical (unpaired) electrons. The minimum absolute atomic E-state index is 0.194. The topological polar surface area (TPSA) is 81.6 Å². The third kappa shape index (κ3) is 4.47. The molecule has 4 aromatic rings. The molecule has 7 heteroatoms. The predicted octanol–water partition coefficient (Wildman–Crippen LogP) is 3.96. The van der Waals surface area contributed by atoms with Crippen LogP contribution >= 0.6 is 0 Å². The molecule has 0 fully saturated rings. The van der Waals surface area contributed by atoms with Gasteiger partial charge < -0.3 is 9.15 Å². The van der Waals surface area contributed by atoms with Gasteiger partial charge in [-0.25, -0.2) is 5.43 Å². The van der Waals surface area contributed by atoms with E-state index < -0.39 is 5.91 Å². The Labute approximate surface area is 173 Å². The van der Waals surface area contributed by atoms with Gasteiger partial charge in [-0.15, -0.1) is 0 Å². The highest BCUT2D eigenvalue weighted by Gasteiger charge is 2.12. The minimum Gasteiger partial charge on any atom is -0.497 e. The van der Waals surface area contributed by atoms with Gasteiger partial charge in [0.2, 0.25) is 0 Å². The number of hydrazone groups is 1. The molecule has 7 nitrogen and oxygen atoms in total. The predicted molar refractivity (Wildman–Crippen MR) is 114 cm³/mol. The van der Waals surface area contributed by atoms with Crippen molar-refractivity contribution in [3.63, 3.8) is 0 Å². The first-order valence-electron chi connectivity index (χ1n) is 9.35. The maximum absolute atomic E-state index is 12.0. The van der Waals surface area contributed by atoms with Gasteiger partial charge in [0.15, 0.2) is 5.76 Å². The molecule has 1 N–H and O–H groups in total. The highest BCUT2D eigenvalue weighted by Crippen LogP contribution is 2.25. The molecule has 0 spiro atoms. The summed E-state index contributed by atoms with van der Waals surface area (Å²) in [5, 5.41) is 8.81. The number of carbonyl (C=O) groups is 1. The minimum atomic E-state index is -0.421. The lowest BCUT2D eigenvalue weighted by Crippen LogP contribution is -2.16. The van der Waals surface area contributed by atoms with Gasteiger partial charge in [0.1, 0.15) is 11.4 Å². The van der Waals surface area contributed by atoms with Crippen LogP contribution in [0.3, 0.4) is 0 Å². The summed E-state index contributed by atoms with van der Waals surface area (Å²) < 4.78 is 12.3. The first-order valence-corrected chi connectivity index (χ1v) is 9.35. The maximum Gasteiger partial charge on any atom is 0.307 e. The largest absolute Gasteiger partial charge is 0.497 e. The number of benzene rings is 2. The molecule has 0 saturated heterocycles. The second-order valence-corrected chi connectivity index (χ2v) is 6.52. The number of carbonyl (C=O) groups excluding carboxylic acids is 1. The van der Waals surface area contributed by atoms with Gasteiger partial charge in [-0.3, -0.25) is 9.48 Å². The molecule has 1 amide bonds. The monoisotopic (exact) mass is 400 g/mol. The fourth-order valence-corrected chi connectivity index (χ4v) is 3.00. The van der Waals surface area contributed by atoms with E-state index in [0.717, 1.165) is 28.1 Å². The van der Waals surface area contributed by atoms with Crippen LogP contribution in [-0.2, 0) is 6.54 Å². The molecule has 2 aromatic carbocycles. The van der Waals surface area contributed by atoms with Crippen LogP contribution in [0.2, 0.25) is 0 Å². The van der Waals surface area contributed by atoms with Crippen molar-refractivity contribution in [3.8, 4) is 17.0 Å². The number of ether oxygens (including phenoxy) is 1. The normalized spacial score (nSPS) is 11.0. The lowest BCUT2D eigenvalue weighted by Gasteiger charge is -2.03. The van der Waals surface area contributed by atoms with E-state index in [-0.39, 0.29) is 5.76 Å². The quantitative estimate of drug-likeness (QED) is 0.376. The number of nitrogens with one attached hydrogen (secondary N) is 1. The molecule has 0 aliphatic rings. The number of rotatable bonds is 7. The summed E-state index contributed by atoms with van der Waals surface area (Å²) in [7, 11) is 1.62. The van der Waals surface area contributed by atoms with Crippen LogP contribution in [0.1, 0.15) is 21.7 Å². The Kier molecular flexibility index (Phi) is 5.70. The zero-order chi connectivity index (χ0) is 20.8. The Morgan fingerprint density at radius 1 is 1.17 bits per heavy atom. The van der Waals surface area contributed by atoms with Crippen molar-refractivity contribution >= 4 is 12.1 Å². The molecule has 0 atom stereocenters. The Balaban J connectivity index is 1.62. The molecule has 0 unspecified atom stereocenters.